The second kappa shape index (κ2) is 10.1. The van der Waals surface area contributed by atoms with Gasteiger partial charge in [-0.3, -0.25) is 9.59 Å². The standard InChI is InChI=1S/C23H21ClF2N6O3/c1-12(2)29-21(33)15-10-14(27-5)9-13(3)19(15)30-22(34)17-11-18(35-23(4,25)26)31-32(17)20-16(24)7-6-8-28-20/h6-12H,1-4H3,(H,29,33)(H,30,34). The number of rotatable bonds is 7. The second-order valence-electron chi connectivity index (χ2n) is 7.88. The van der Waals surface area contributed by atoms with Crippen LogP contribution in [0, 0.1) is 13.5 Å². The summed E-state index contributed by atoms with van der Waals surface area (Å²) >= 11 is 6.19. The first kappa shape index (κ1) is 25.6. The first-order valence-corrected chi connectivity index (χ1v) is 10.7. The number of alkyl halides is 2. The van der Waals surface area contributed by atoms with Crippen LogP contribution in [0.2, 0.25) is 5.02 Å². The molecule has 0 spiro atoms. The fourth-order valence-corrected chi connectivity index (χ4v) is 3.35. The zero-order valence-corrected chi connectivity index (χ0v) is 19.9. The first-order valence-electron chi connectivity index (χ1n) is 10.3. The average molecular weight is 503 g/mol. The van der Waals surface area contributed by atoms with Gasteiger partial charge in [0.1, 0.15) is 5.69 Å². The molecule has 0 aliphatic heterocycles. The predicted octanol–water partition coefficient (Wildman–Crippen LogP) is 5.16. The number of nitrogens with zero attached hydrogens (tertiary/aromatic N) is 4. The van der Waals surface area contributed by atoms with Crippen molar-refractivity contribution < 1.29 is 23.1 Å². The molecule has 2 N–H and O–H groups in total. The minimum absolute atomic E-state index is 0.00596. The van der Waals surface area contributed by atoms with E-state index in [4.69, 9.17) is 18.2 Å². The van der Waals surface area contributed by atoms with Crippen LogP contribution >= 0.6 is 11.6 Å². The lowest BCUT2D eigenvalue weighted by molar-refractivity contribution is -0.161. The van der Waals surface area contributed by atoms with Gasteiger partial charge in [0.15, 0.2) is 11.5 Å². The molecular formula is C23H21ClF2N6O3. The number of pyridine rings is 1. The Kier molecular flexibility index (Phi) is 7.36. The molecule has 12 heteroatoms. The van der Waals surface area contributed by atoms with Crippen LogP contribution in [0.3, 0.4) is 0 Å². The summed E-state index contributed by atoms with van der Waals surface area (Å²) in [7, 11) is 0. The van der Waals surface area contributed by atoms with E-state index in [0.717, 1.165) is 10.7 Å². The van der Waals surface area contributed by atoms with Crippen molar-refractivity contribution in [1.29, 1.82) is 0 Å². The van der Waals surface area contributed by atoms with Gasteiger partial charge >= 0.3 is 6.11 Å². The number of halogens is 3. The van der Waals surface area contributed by atoms with Gasteiger partial charge in [0.2, 0.25) is 5.88 Å². The highest BCUT2D eigenvalue weighted by Gasteiger charge is 2.28. The quantitative estimate of drug-likeness (QED) is 0.434. The smallest absolute Gasteiger partial charge is 0.396 e. The van der Waals surface area contributed by atoms with Gasteiger partial charge < -0.3 is 15.4 Å². The zero-order chi connectivity index (χ0) is 25.9. The first-order chi connectivity index (χ1) is 16.4. The van der Waals surface area contributed by atoms with Crippen molar-refractivity contribution >= 4 is 34.8 Å². The molecule has 0 atom stereocenters. The normalized spacial score (nSPS) is 11.2. The molecule has 0 aliphatic carbocycles. The summed E-state index contributed by atoms with van der Waals surface area (Å²) in [5.41, 5.74) is 0.633. The van der Waals surface area contributed by atoms with Crippen molar-refractivity contribution in [1.82, 2.24) is 20.1 Å². The van der Waals surface area contributed by atoms with Crippen molar-refractivity contribution in [2.24, 2.45) is 0 Å². The minimum Gasteiger partial charge on any atom is -0.413 e. The van der Waals surface area contributed by atoms with Crippen LogP contribution in [0.4, 0.5) is 20.2 Å². The number of aromatic nitrogens is 3. The van der Waals surface area contributed by atoms with E-state index >= 15 is 0 Å². The van der Waals surface area contributed by atoms with E-state index in [1.165, 1.54) is 24.4 Å². The van der Waals surface area contributed by atoms with E-state index in [-0.39, 0.29) is 39.5 Å². The van der Waals surface area contributed by atoms with E-state index in [1.807, 2.05) is 0 Å². The lowest BCUT2D eigenvalue weighted by Crippen LogP contribution is -2.31. The summed E-state index contributed by atoms with van der Waals surface area (Å²) in [5.74, 6) is -1.83. The molecule has 0 saturated carbocycles. The third-order valence-corrected chi connectivity index (χ3v) is 4.79. The third kappa shape index (κ3) is 6.10. The number of aryl methyl sites for hydroxylation is 1. The Morgan fingerprint density at radius 1 is 1.26 bits per heavy atom. The van der Waals surface area contributed by atoms with Gasteiger partial charge in [-0.2, -0.15) is 8.78 Å². The van der Waals surface area contributed by atoms with E-state index < -0.39 is 23.8 Å². The molecule has 2 amide bonds. The summed E-state index contributed by atoms with van der Waals surface area (Å²) < 4.78 is 32.4. The maximum atomic E-state index is 13.5. The number of anilines is 1. The molecule has 0 aliphatic rings. The summed E-state index contributed by atoms with van der Waals surface area (Å²) in [4.78, 5) is 33.6. The molecule has 2 heterocycles. The number of hydrogen-bond acceptors (Lipinski definition) is 5. The molecule has 2 aromatic heterocycles. The van der Waals surface area contributed by atoms with Crippen molar-refractivity contribution in [2.75, 3.05) is 5.32 Å². The molecule has 0 bridgehead atoms. The maximum absolute atomic E-state index is 13.5. The van der Waals surface area contributed by atoms with Crippen molar-refractivity contribution in [3.63, 3.8) is 0 Å². The van der Waals surface area contributed by atoms with E-state index in [2.05, 4.69) is 30.3 Å². The number of hydrogen-bond donors (Lipinski definition) is 2. The van der Waals surface area contributed by atoms with Crippen LogP contribution in [-0.2, 0) is 0 Å². The van der Waals surface area contributed by atoms with E-state index in [1.54, 1.807) is 26.8 Å². The molecule has 1 aromatic carbocycles. The zero-order valence-electron chi connectivity index (χ0n) is 19.2. The number of carbonyl (C=O) groups is 2. The number of amides is 2. The fraction of sp³-hybridized carbons (Fsp3) is 0.261. The molecule has 9 nitrogen and oxygen atoms in total. The third-order valence-electron chi connectivity index (χ3n) is 4.50. The molecule has 3 aromatic rings. The average Bonchev–Trinajstić information content (AvgIpc) is 3.16. The van der Waals surface area contributed by atoms with Crippen LogP contribution in [0.5, 0.6) is 5.88 Å². The summed E-state index contributed by atoms with van der Waals surface area (Å²) in [5, 5.41) is 9.38. The molecular weight excluding hydrogens is 482 g/mol. The highest BCUT2D eigenvalue weighted by atomic mass is 35.5. The van der Waals surface area contributed by atoms with E-state index in [0.29, 0.717) is 12.5 Å². The van der Waals surface area contributed by atoms with Crippen LogP contribution in [0.25, 0.3) is 10.7 Å². The van der Waals surface area contributed by atoms with Gasteiger partial charge in [-0.05, 0) is 44.5 Å². The SMILES string of the molecule is [C-]#[N+]c1cc(C)c(NC(=O)c2cc(OC(C)(F)F)nn2-c2ncccc2Cl)c(C(=O)NC(C)C)c1. The van der Waals surface area contributed by atoms with Crippen LogP contribution < -0.4 is 15.4 Å². The second-order valence-corrected chi connectivity index (χ2v) is 8.28. The maximum Gasteiger partial charge on any atom is 0.396 e. The largest absolute Gasteiger partial charge is 0.413 e. The number of carbonyl (C=O) groups excluding carboxylic acids is 2. The predicted molar refractivity (Wildman–Crippen MR) is 126 cm³/mol. The van der Waals surface area contributed by atoms with Gasteiger partial charge in [0, 0.05) is 25.2 Å². The molecule has 35 heavy (non-hydrogen) atoms. The van der Waals surface area contributed by atoms with Crippen molar-refractivity contribution in [3.8, 4) is 11.7 Å². The highest BCUT2D eigenvalue weighted by molar-refractivity contribution is 6.32. The summed E-state index contributed by atoms with van der Waals surface area (Å²) in [6.45, 7) is 13.0. The molecule has 0 radical (unpaired) electrons. The van der Waals surface area contributed by atoms with E-state index in [9.17, 15) is 18.4 Å². The summed E-state index contributed by atoms with van der Waals surface area (Å²) in [6.07, 6.45) is -2.17. The van der Waals surface area contributed by atoms with Gasteiger partial charge in [-0.1, -0.05) is 17.7 Å². The van der Waals surface area contributed by atoms with Crippen LogP contribution in [0.15, 0.2) is 36.5 Å². The Hall–Kier alpha value is -4.04. The van der Waals surface area contributed by atoms with Gasteiger partial charge in [0.05, 0.1) is 22.8 Å². The van der Waals surface area contributed by atoms with Crippen molar-refractivity contribution in [3.05, 3.63) is 69.8 Å². The highest BCUT2D eigenvalue weighted by Crippen LogP contribution is 2.30. The lowest BCUT2D eigenvalue weighted by Gasteiger charge is -2.16. The van der Waals surface area contributed by atoms with Gasteiger partial charge in [-0.15, -0.1) is 5.10 Å². The lowest BCUT2D eigenvalue weighted by atomic mass is 10.0. The molecule has 0 unspecified atom stereocenters. The fourth-order valence-electron chi connectivity index (χ4n) is 3.14. The molecule has 0 saturated heterocycles. The number of benzene rings is 1. The molecule has 182 valence electrons. The Morgan fingerprint density at radius 3 is 2.57 bits per heavy atom. The Labute approximate surface area is 204 Å². The molecule has 0 fully saturated rings. The topological polar surface area (TPSA) is 102 Å². The Balaban J connectivity index is 2.09. The van der Waals surface area contributed by atoms with Crippen LogP contribution in [0.1, 0.15) is 47.2 Å². The molecule has 3 rings (SSSR count). The Bertz CT molecular complexity index is 1330. The Morgan fingerprint density at radius 2 is 1.97 bits per heavy atom. The minimum atomic E-state index is -3.56. The van der Waals surface area contributed by atoms with Crippen LogP contribution in [-0.4, -0.2) is 38.7 Å². The number of nitrogens with one attached hydrogen (secondary N) is 2. The summed E-state index contributed by atoms with van der Waals surface area (Å²) in [6, 6.07) is 6.71. The monoisotopic (exact) mass is 502 g/mol. The number of ether oxygens (including phenoxy) is 1. The van der Waals surface area contributed by atoms with Crippen molar-refractivity contribution in [2.45, 2.75) is 39.8 Å². The van der Waals surface area contributed by atoms with Gasteiger partial charge in [0.25, 0.3) is 11.8 Å². The van der Waals surface area contributed by atoms with Gasteiger partial charge in [-0.25, -0.2) is 14.5 Å².